The van der Waals surface area contributed by atoms with E-state index in [4.69, 9.17) is 4.74 Å². The van der Waals surface area contributed by atoms with Gasteiger partial charge in [0.1, 0.15) is 5.75 Å². The van der Waals surface area contributed by atoms with Gasteiger partial charge in [-0.25, -0.2) is 5.43 Å². The summed E-state index contributed by atoms with van der Waals surface area (Å²) in [6.45, 7) is 3.82. The summed E-state index contributed by atoms with van der Waals surface area (Å²) in [5.41, 5.74) is 6.71. The highest BCUT2D eigenvalue weighted by atomic mass is 16.5. The molecule has 2 amide bonds. The number of benzene rings is 3. The lowest BCUT2D eigenvalue weighted by molar-refractivity contribution is -0.118. The Bertz CT molecular complexity index is 1040. The van der Waals surface area contributed by atoms with Crippen molar-refractivity contribution in [2.24, 2.45) is 5.10 Å². The third kappa shape index (κ3) is 6.31. The van der Waals surface area contributed by atoms with E-state index >= 15 is 0 Å². The van der Waals surface area contributed by atoms with E-state index in [1.54, 1.807) is 42.6 Å². The molecule has 0 bridgehead atoms. The quantitative estimate of drug-likeness (QED) is 0.462. The van der Waals surface area contributed by atoms with Gasteiger partial charge >= 0.3 is 0 Å². The van der Waals surface area contributed by atoms with E-state index in [9.17, 15) is 9.59 Å². The largest absolute Gasteiger partial charge is 0.484 e. The topological polar surface area (TPSA) is 79.8 Å². The van der Waals surface area contributed by atoms with Gasteiger partial charge in [0, 0.05) is 11.3 Å². The van der Waals surface area contributed by atoms with Crippen LogP contribution < -0.4 is 15.5 Å². The smallest absolute Gasteiger partial charge is 0.271 e. The number of rotatable bonds is 7. The molecular weight excluding hydrogens is 378 g/mol. The van der Waals surface area contributed by atoms with Gasteiger partial charge in [-0.2, -0.15) is 5.10 Å². The standard InChI is InChI=1S/C24H23N3O3/c1-17-6-10-21(11-7-17)26-23(28)16-30-22-12-8-19(9-13-22)15-25-27-24(29)20-5-3-4-18(2)14-20/h3-15H,16H2,1-2H3,(H,26,28)(H,27,29)/b25-15-. The van der Waals surface area contributed by atoms with Crippen LogP contribution >= 0.6 is 0 Å². The van der Waals surface area contributed by atoms with E-state index in [-0.39, 0.29) is 18.4 Å². The average molecular weight is 401 g/mol. The predicted octanol–water partition coefficient (Wildman–Crippen LogP) is 4.08. The number of carbonyl (C=O) groups is 2. The van der Waals surface area contributed by atoms with Crippen LogP contribution in [0.4, 0.5) is 5.69 Å². The second kappa shape index (κ2) is 10.0. The molecule has 0 saturated heterocycles. The molecule has 0 unspecified atom stereocenters. The Labute approximate surface area is 175 Å². The number of carbonyl (C=O) groups excluding carboxylic acids is 2. The summed E-state index contributed by atoms with van der Waals surface area (Å²) in [4.78, 5) is 24.0. The maximum atomic E-state index is 12.1. The third-order valence-electron chi connectivity index (χ3n) is 4.25. The Balaban J connectivity index is 1.46. The molecule has 0 aliphatic rings. The molecule has 0 radical (unpaired) electrons. The maximum absolute atomic E-state index is 12.1. The molecule has 152 valence electrons. The van der Waals surface area contributed by atoms with Gasteiger partial charge in [-0.3, -0.25) is 9.59 Å². The number of nitrogens with zero attached hydrogens (tertiary/aromatic N) is 1. The van der Waals surface area contributed by atoms with Crippen LogP contribution in [0.5, 0.6) is 5.75 Å². The first-order valence-electron chi connectivity index (χ1n) is 9.49. The van der Waals surface area contributed by atoms with Gasteiger partial charge in [0.15, 0.2) is 6.61 Å². The van der Waals surface area contributed by atoms with Crippen molar-refractivity contribution in [1.82, 2.24) is 5.43 Å². The number of amides is 2. The van der Waals surface area contributed by atoms with Gasteiger partial charge in [0.05, 0.1) is 6.21 Å². The summed E-state index contributed by atoms with van der Waals surface area (Å²) in [6.07, 6.45) is 1.54. The molecule has 0 aromatic heterocycles. The first-order valence-corrected chi connectivity index (χ1v) is 9.49. The molecule has 3 aromatic rings. The molecule has 6 nitrogen and oxygen atoms in total. The lowest BCUT2D eigenvalue weighted by Gasteiger charge is -2.08. The van der Waals surface area contributed by atoms with Gasteiger partial charge in [-0.1, -0.05) is 35.4 Å². The Kier molecular flexibility index (Phi) is 6.95. The van der Waals surface area contributed by atoms with Crippen LogP contribution in [0.15, 0.2) is 77.9 Å². The molecule has 3 aromatic carbocycles. The Morgan fingerprint density at radius 1 is 0.933 bits per heavy atom. The minimum absolute atomic E-state index is 0.0894. The second-order valence-electron chi connectivity index (χ2n) is 6.84. The molecule has 2 N–H and O–H groups in total. The number of aryl methyl sites for hydroxylation is 2. The first-order chi connectivity index (χ1) is 14.5. The van der Waals surface area contributed by atoms with Gasteiger partial charge < -0.3 is 10.1 Å². The van der Waals surface area contributed by atoms with Crippen molar-refractivity contribution in [1.29, 1.82) is 0 Å². The molecule has 0 aliphatic carbocycles. The summed E-state index contributed by atoms with van der Waals surface area (Å²) >= 11 is 0. The van der Waals surface area contributed by atoms with Gasteiger partial charge in [0.25, 0.3) is 11.8 Å². The van der Waals surface area contributed by atoms with Crippen molar-refractivity contribution in [3.8, 4) is 5.75 Å². The molecule has 6 heteroatoms. The molecule has 0 aliphatic heterocycles. The Morgan fingerprint density at radius 2 is 1.67 bits per heavy atom. The van der Waals surface area contributed by atoms with E-state index in [0.717, 1.165) is 22.4 Å². The summed E-state index contributed by atoms with van der Waals surface area (Å²) in [7, 11) is 0. The fourth-order valence-corrected chi connectivity index (χ4v) is 2.65. The summed E-state index contributed by atoms with van der Waals surface area (Å²) in [5.74, 6) is 0.0628. The fourth-order valence-electron chi connectivity index (χ4n) is 2.65. The van der Waals surface area contributed by atoms with Crippen molar-refractivity contribution in [2.75, 3.05) is 11.9 Å². The van der Waals surface area contributed by atoms with Gasteiger partial charge in [-0.05, 0) is 67.9 Å². The van der Waals surface area contributed by atoms with Crippen molar-refractivity contribution in [3.63, 3.8) is 0 Å². The molecule has 3 rings (SSSR count). The Morgan fingerprint density at radius 3 is 2.37 bits per heavy atom. The molecule has 0 saturated carbocycles. The minimum Gasteiger partial charge on any atom is -0.484 e. The maximum Gasteiger partial charge on any atom is 0.271 e. The molecular formula is C24H23N3O3. The number of nitrogens with one attached hydrogen (secondary N) is 2. The molecule has 0 fully saturated rings. The predicted molar refractivity (Wildman–Crippen MR) is 118 cm³/mol. The number of ether oxygens (including phenoxy) is 1. The monoisotopic (exact) mass is 401 g/mol. The van der Waals surface area contributed by atoms with Gasteiger partial charge in [0.2, 0.25) is 0 Å². The van der Waals surface area contributed by atoms with Crippen LogP contribution in [0.3, 0.4) is 0 Å². The van der Waals surface area contributed by atoms with Crippen LogP contribution in [-0.4, -0.2) is 24.6 Å². The van der Waals surface area contributed by atoms with Crippen LogP contribution in [0.25, 0.3) is 0 Å². The summed E-state index contributed by atoms with van der Waals surface area (Å²) < 4.78 is 5.50. The zero-order valence-electron chi connectivity index (χ0n) is 16.9. The number of anilines is 1. The average Bonchev–Trinajstić information content (AvgIpc) is 2.75. The van der Waals surface area contributed by atoms with Crippen LogP contribution in [0.2, 0.25) is 0 Å². The van der Waals surface area contributed by atoms with E-state index in [1.165, 1.54) is 0 Å². The minimum atomic E-state index is -0.269. The van der Waals surface area contributed by atoms with Crippen molar-refractivity contribution in [2.45, 2.75) is 13.8 Å². The van der Waals surface area contributed by atoms with Crippen LogP contribution in [-0.2, 0) is 4.79 Å². The molecule has 0 heterocycles. The highest BCUT2D eigenvalue weighted by Crippen LogP contribution is 2.12. The van der Waals surface area contributed by atoms with Crippen LogP contribution in [0, 0.1) is 13.8 Å². The lowest BCUT2D eigenvalue weighted by Crippen LogP contribution is -2.20. The summed E-state index contributed by atoms with van der Waals surface area (Å²) in [6, 6.07) is 21.9. The zero-order chi connectivity index (χ0) is 21.3. The molecule has 30 heavy (non-hydrogen) atoms. The number of hydrazone groups is 1. The van der Waals surface area contributed by atoms with Crippen molar-refractivity contribution >= 4 is 23.7 Å². The van der Waals surface area contributed by atoms with Crippen molar-refractivity contribution in [3.05, 3.63) is 95.1 Å². The third-order valence-corrected chi connectivity index (χ3v) is 4.25. The molecule has 0 atom stereocenters. The number of hydrogen-bond donors (Lipinski definition) is 2. The number of hydrogen-bond acceptors (Lipinski definition) is 4. The van der Waals surface area contributed by atoms with Crippen LogP contribution in [0.1, 0.15) is 27.0 Å². The fraction of sp³-hybridized carbons (Fsp3) is 0.125. The van der Waals surface area contributed by atoms with Crippen molar-refractivity contribution < 1.29 is 14.3 Å². The highest BCUT2D eigenvalue weighted by Gasteiger charge is 2.05. The van der Waals surface area contributed by atoms with E-state index in [0.29, 0.717) is 11.3 Å². The SMILES string of the molecule is Cc1ccc(NC(=O)COc2ccc(/C=N\NC(=O)c3cccc(C)c3)cc2)cc1. The van der Waals surface area contributed by atoms with E-state index in [1.807, 2.05) is 50.2 Å². The van der Waals surface area contributed by atoms with E-state index < -0.39 is 0 Å². The van der Waals surface area contributed by atoms with Gasteiger partial charge in [-0.15, -0.1) is 0 Å². The Hall–Kier alpha value is -3.93. The summed E-state index contributed by atoms with van der Waals surface area (Å²) in [5, 5.41) is 6.76. The zero-order valence-corrected chi connectivity index (χ0v) is 16.9. The second-order valence-corrected chi connectivity index (χ2v) is 6.84. The van der Waals surface area contributed by atoms with E-state index in [2.05, 4.69) is 15.8 Å². The normalized spacial score (nSPS) is 10.6. The highest BCUT2D eigenvalue weighted by molar-refractivity contribution is 5.95. The molecule has 0 spiro atoms. The first kappa shape index (κ1) is 20.8. The lowest BCUT2D eigenvalue weighted by atomic mass is 10.1.